The third-order valence-electron chi connectivity index (χ3n) is 3.62. The van der Waals surface area contributed by atoms with Crippen LogP contribution in [0, 0.1) is 10.1 Å². The van der Waals surface area contributed by atoms with Gasteiger partial charge in [0.15, 0.2) is 0 Å². The molecule has 0 aliphatic rings. The summed E-state index contributed by atoms with van der Waals surface area (Å²) in [4.78, 5) is 23.6. The lowest BCUT2D eigenvalue weighted by Crippen LogP contribution is -2.11. The Labute approximate surface area is 144 Å². The van der Waals surface area contributed by atoms with Gasteiger partial charge in [-0.1, -0.05) is 30.3 Å². The van der Waals surface area contributed by atoms with Gasteiger partial charge in [-0.3, -0.25) is 14.9 Å². The lowest BCUT2D eigenvalue weighted by Gasteiger charge is -2.03. The molecule has 0 bridgehead atoms. The van der Waals surface area contributed by atoms with Crippen LogP contribution in [0.5, 0.6) is 0 Å². The second-order valence-electron chi connectivity index (χ2n) is 5.13. The molecule has 4 rings (SSSR count). The number of rotatable bonds is 3. The normalized spacial score (nSPS) is 11.0. The lowest BCUT2D eigenvalue weighted by atomic mass is 10.2. The number of amides is 1. The van der Waals surface area contributed by atoms with E-state index in [4.69, 9.17) is 0 Å². The third kappa shape index (κ3) is 2.44. The van der Waals surface area contributed by atoms with E-state index in [2.05, 4.69) is 11.4 Å². The molecule has 4 aromatic rings. The minimum atomic E-state index is -0.504. The van der Waals surface area contributed by atoms with Gasteiger partial charge in [-0.15, -0.1) is 22.7 Å². The van der Waals surface area contributed by atoms with Crippen LogP contribution in [0.1, 0.15) is 9.67 Å². The minimum Gasteiger partial charge on any atom is -0.316 e. The molecule has 2 aromatic carbocycles. The average molecular weight is 354 g/mol. The molecular weight excluding hydrogens is 344 g/mol. The standard InChI is InChI=1S/C17H10N2O3S2/c20-17(18-11-6-2-3-7-12(11)19(21)22)15-9-14-16(24-15)10-5-1-4-8-13(10)23-14/h1-9H,(H,18,20). The summed E-state index contributed by atoms with van der Waals surface area (Å²) in [5.41, 5.74) is 0.0868. The van der Waals surface area contributed by atoms with Crippen molar-refractivity contribution >= 4 is 59.4 Å². The fourth-order valence-electron chi connectivity index (χ4n) is 2.53. The molecule has 0 saturated carbocycles. The van der Waals surface area contributed by atoms with Gasteiger partial charge in [-0.05, 0) is 18.2 Å². The van der Waals surface area contributed by atoms with Gasteiger partial charge in [0, 0.05) is 20.9 Å². The summed E-state index contributed by atoms with van der Waals surface area (Å²) in [5.74, 6) is -0.332. The summed E-state index contributed by atoms with van der Waals surface area (Å²) in [6.45, 7) is 0. The lowest BCUT2D eigenvalue weighted by molar-refractivity contribution is -0.383. The van der Waals surface area contributed by atoms with Crippen LogP contribution >= 0.6 is 22.7 Å². The van der Waals surface area contributed by atoms with Gasteiger partial charge >= 0.3 is 0 Å². The van der Waals surface area contributed by atoms with Crippen LogP contribution < -0.4 is 5.32 Å². The summed E-state index contributed by atoms with van der Waals surface area (Å²) in [7, 11) is 0. The van der Waals surface area contributed by atoms with Crippen molar-refractivity contribution in [2.24, 2.45) is 0 Å². The molecule has 118 valence electrons. The molecule has 24 heavy (non-hydrogen) atoms. The van der Waals surface area contributed by atoms with Gasteiger partial charge in [0.2, 0.25) is 0 Å². The zero-order valence-electron chi connectivity index (χ0n) is 12.2. The summed E-state index contributed by atoms with van der Waals surface area (Å²) in [6, 6.07) is 16.0. The molecule has 0 aliphatic heterocycles. The maximum atomic E-state index is 12.5. The maximum absolute atomic E-state index is 12.5. The van der Waals surface area contributed by atoms with Crippen LogP contribution in [0.15, 0.2) is 54.6 Å². The predicted octanol–water partition coefficient (Wildman–Crippen LogP) is 5.28. The molecule has 0 radical (unpaired) electrons. The summed E-state index contributed by atoms with van der Waals surface area (Å²) < 4.78 is 3.31. The van der Waals surface area contributed by atoms with Crippen molar-refractivity contribution in [3.63, 3.8) is 0 Å². The predicted molar refractivity (Wildman–Crippen MR) is 98.3 cm³/mol. The zero-order chi connectivity index (χ0) is 16.7. The van der Waals surface area contributed by atoms with E-state index in [0.29, 0.717) is 4.88 Å². The van der Waals surface area contributed by atoms with E-state index in [1.165, 1.54) is 28.2 Å². The highest BCUT2D eigenvalue weighted by molar-refractivity contribution is 7.33. The number of nitro benzene ring substituents is 1. The molecule has 0 unspecified atom stereocenters. The highest BCUT2D eigenvalue weighted by Gasteiger charge is 2.18. The molecule has 0 aliphatic carbocycles. The largest absolute Gasteiger partial charge is 0.316 e. The molecule has 0 saturated heterocycles. The highest BCUT2D eigenvalue weighted by Crippen LogP contribution is 2.39. The van der Waals surface area contributed by atoms with E-state index in [9.17, 15) is 14.9 Å². The number of hydrogen-bond donors (Lipinski definition) is 1. The Kier molecular flexibility index (Phi) is 3.51. The fraction of sp³-hybridized carbons (Fsp3) is 0. The monoisotopic (exact) mass is 354 g/mol. The van der Waals surface area contributed by atoms with Crippen molar-refractivity contribution in [1.29, 1.82) is 0 Å². The highest BCUT2D eigenvalue weighted by atomic mass is 32.1. The smallest absolute Gasteiger partial charge is 0.292 e. The molecule has 2 aromatic heterocycles. The summed E-state index contributed by atoms with van der Waals surface area (Å²) in [5, 5.41) is 14.8. The second kappa shape index (κ2) is 5.70. The number of thiophene rings is 2. The number of hydrogen-bond acceptors (Lipinski definition) is 5. The fourth-order valence-corrected chi connectivity index (χ4v) is 4.95. The quantitative estimate of drug-likeness (QED) is 0.402. The number of benzene rings is 2. The van der Waals surface area contributed by atoms with E-state index in [0.717, 1.165) is 14.8 Å². The van der Waals surface area contributed by atoms with Crippen LogP contribution in [-0.4, -0.2) is 10.8 Å². The van der Waals surface area contributed by atoms with Crippen molar-refractivity contribution in [2.45, 2.75) is 0 Å². The Balaban J connectivity index is 1.70. The van der Waals surface area contributed by atoms with Crippen LogP contribution in [-0.2, 0) is 0 Å². The van der Waals surface area contributed by atoms with Gasteiger partial charge in [0.1, 0.15) is 5.69 Å². The zero-order valence-corrected chi connectivity index (χ0v) is 13.8. The number of carbonyl (C=O) groups excluding carboxylic acids is 1. The van der Waals surface area contributed by atoms with Crippen molar-refractivity contribution in [3.8, 4) is 0 Å². The second-order valence-corrected chi connectivity index (χ2v) is 7.27. The Morgan fingerprint density at radius 1 is 1.00 bits per heavy atom. The number of nitro groups is 1. The minimum absolute atomic E-state index is 0.116. The molecule has 5 nitrogen and oxygen atoms in total. The Morgan fingerprint density at radius 3 is 2.58 bits per heavy atom. The van der Waals surface area contributed by atoms with E-state index in [1.807, 2.05) is 24.3 Å². The Hall–Kier alpha value is -2.77. The first-order valence-electron chi connectivity index (χ1n) is 7.09. The molecule has 2 heterocycles. The number of carbonyl (C=O) groups is 1. The number of nitrogens with one attached hydrogen (secondary N) is 1. The molecular formula is C17H10N2O3S2. The van der Waals surface area contributed by atoms with Crippen LogP contribution in [0.2, 0.25) is 0 Å². The Morgan fingerprint density at radius 2 is 1.75 bits per heavy atom. The van der Waals surface area contributed by atoms with Gasteiger partial charge in [-0.2, -0.15) is 0 Å². The first kappa shape index (κ1) is 14.8. The SMILES string of the molecule is O=C(Nc1ccccc1[N+](=O)[O-])c1cc2sc3ccccc3c2s1. The number of fused-ring (bicyclic) bond motifs is 3. The molecule has 0 fully saturated rings. The van der Waals surface area contributed by atoms with Crippen LogP contribution in [0.4, 0.5) is 11.4 Å². The first-order valence-corrected chi connectivity index (χ1v) is 8.72. The first-order chi connectivity index (χ1) is 11.6. The average Bonchev–Trinajstić information content (AvgIpc) is 3.13. The summed E-state index contributed by atoms with van der Waals surface area (Å²) in [6.07, 6.45) is 0. The van der Waals surface area contributed by atoms with Gasteiger partial charge < -0.3 is 5.32 Å². The Bertz CT molecular complexity index is 1100. The molecule has 1 N–H and O–H groups in total. The third-order valence-corrected chi connectivity index (χ3v) is 6.04. The number of para-hydroxylation sites is 2. The van der Waals surface area contributed by atoms with E-state index >= 15 is 0 Å². The van der Waals surface area contributed by atoms with Gasteiger partial charge in [0.05, 0.1) is 14.5 Å². The molecule has 1 amide bonds. The van der Waals surface area contributed by atoms with E-state index < -0.39 is 4.92 Å². The van der Waals surface area contributed by atoms with E-state index in [1.54, 1.807) is 23.5 Å². The van der Waals surface area contributed by atoms with Crippen molar-refractivity contribution < 1.29 is 9.72 Å². The van der Waals surface area contributed by atoms with Crippen molar-refractivity contribution in [1.82, 2.24) is 0 Å². The van der Waals surface area contributed by atoms with Crippen molar-refractivity contribution in [3.05, 3.63) is 69.6 Å². The molecule has 0 spiro atoms. The number of nitrogens with zero attached hydrogens (tertiary/aromatic N) is 1. The van der Waals surface area contributed by atoms with Crippen molar-refractivity contribution in [2.75, 3.05) is 5.32 Å². The maximum Gasteiger partial charge on any atom is 0.292 e. The number of anilines is 1. The van der Waals surface area contributed by atoms with Gasteiger partial charge in [0.25, 0.3) is 11.6 Å². The van der Waals surface area contributed by atoms with Crippen LogP contribution in [0.25, 0.3) is 19.5 Å². The summed E-state index contributed by atoms with van der Waals surface area (Å²) >= 11 is 3.04. The van der Waals surface area contributed by atoms with Crippen LogP contribution in [0.3, 0.4) is 0 Å². The molecule has 7 heteroatoms. The topological polar surface area (TPSA) is 72.2 Å². The van der Waals surface area contributed by atoms with Gasteiger partial charge in [-0.25, -0.2) is 0 Å². The van der Waals surface area contributed by atoms with E-state index in [-0.39, 0.29) is 17.3 Å². The molecule has 0 atom stereocenters.